The topological polar surface area (TPSA) is 94.6 Å². The first-order chi connectivity index (χ1) is 13.0. The predicted molar refractivity (Wildman–Crippen MR) is 96.4 cm³/mol. The van der Waals surface area contributed by atoms with Crippen molar-refractivity contribution in [2.24, 2.45) is 0 Å². The third kappa shape index (κ3) is 3.33. The highest BCUT2D eigenvalue weighted by atomic mass is 19.1. The van der Waals surface area contributed by atoms with Gasteiger partial charge in [0.15, 0.2) is 5.75 Å². The Hall–Kier alpha value is -3.42. The molecule has 2 aromatic rings. The number of rotatable bonds is 3. The minimum Gasteiger partial charge on any atom is -0.504 e. The monoisotopic (exact) mass is 368 g/mol. The molecule has 4 rings (SSSR count). The van der Waals surface area contributed by atoms with Crippen molar-refractivity contribution in [3.05, 3.63) is 59.2 Å². The van der Waals surface area contributed by atoms with Crippen LogP contribution in [0.5, 0.6) is 5.75 Å². The van der Waals surface area contributed by atoms with Crippen molar-refractivity contribution < 1.29 is 19.1 Å². The summed E-state index contributed by atoms with van der Waals surface area (Å²) in [4.78, 5) is 29.6. The maximum atomic E-state index is 13.2. The maximum absolute atomic E-state index is 13.2. The van der Waals surface area contributed by atoms with E-state index in [0.29, 0.717) is 30.0 Å². The molecule has 3 heterocycles. The molecule has 8 heteroatoms. The van der Waals surface area contributed by atoms with Crippen molar-refractivity contribution in [2.45, 2.75) is 19.0 Å². The molecule has 0 saturated carbocycles. The van der Waals surface area contributed by atoms with E-state index in [1.165, 1.54) is 18.3 Å². The quantitative estimate of drug-likeness (QED) is 0.772. The predicted octanol–water partition coefficient (Wildman–Crippen LogP) is 2.23. The van der Waals surface area contributed by atoms with E-state index in [9.17, 15) is 19.1 Å². The number of carbonyl (C=O) groups excluding carboxylic acids is 2. The molecule has 0 radical (unpaired) electrons. The van der Waals surface area contributed by atoms with Crippen LogP contribution in [0.15, 0.2) is 36.5 Å². The average Bonchev–Trinajstić information content (AvgIpc) is 2.63. The second-order valence-electron chi connectivity index (χ2n) is 6.48. The first-order valence-corrected chi connectivity index (χ1v) is 8.49. The van der Waals surface area contributed by atoms with Crippen LogP contribution in [0.25, 0.3) is 6.08 Å². The van der Waals surface area contributed by atoms with Gasteiger partial charge in [0, 0.05) is 18.7 Å². The number of aromatic hydroxyl groups is 1. The Morgan fingerprint density at radius 1 is 1.26 bits per heavy atom. The summed E-state index contributed by atoms with van der Waals surface area (Å²) < 4.78 is 13.2. The van der Waals surface area contributed by atoms with E-state index in [1.807, 2.05) is 17.1 Å². The molecule has 0 aliphatic carbocycles. The van der Waals surface area contributed by atoms with Crippen LogP contribution < -0.4 is 15.5 Å². The van der Waals surface area contributed by atoms with Gasteiger partial charge >= 0.3 is 6.03 Å². The lowest BCUT2D eigenvalue weighted by Crippen LogP contribution is -2.48. The molecular formula is C19H17FN4O3. The number of fused-ring (bicyclic) bond motifs is 1. The molecule has 1 saturated heterocycles. The van der Waals surface area contributed by atoms with E-state index in [4.69, 9.17) is 0 Å². The Bertz CT molecular complexity index is 927. The molecule has 3 amide bonds. The average molecular weight is 368 g/mol. The van der Waals surface area contributed by atoms with Gasteiger partial charge in [0.05, 0.1) is 30.0 Å². The number of halogens is 1. The van der Waals surface area contributed by atoms with Crippen LogP contribution in [0.4, 0.5) is 14.9 Å². The number of aromatic nitrogens is 1. The highest BCUT2D eigenvalue weighted by Crippen LogP contribution is 2.39. The fraction of sp³-hybridized carbons (Fsp3) is 0.211. The van der Waals surface area contributed by atoms with Crippen LogP contribution >= 0.6 is 0 Å². The van der Waals surface area contributed by atoms with Gasteiger partial charge in [0.1, 0.15) is 5.82 Å². The lowest BCUT2D eigenvalue weighted by Gasteiger charge is -2.32. The summed E-state index contributed by atoms with van der Waals surface area (Å²) in [5.41, 5.74) is 2.64. The Kier molecular flexibility index (Phi) is 4.23. The van der Waals surface area contributed by atoms with Gasteiger partial charge < -0.3 is 15.3 Å². The number of pyridine rings is 1. The zero-order valence-electron chi connectivity index (χ0n) is 14.3. The summed E-state index contributed by atoms with van der Waals surface area (Å²) in [5.74, 6) is -0.680. The zero-order valence-corrected chi connectivity index (χ0v) is 14.3. The second kappa shape index (κ2) is 6.71. The smallest absolute Gasteiger partial charge is 0.321 e. The molecule has 1 aromatic carbocycles. The van der Waals surface area contributed by atoms with Gasteiger partial charge in [-0.1, -0.05) is 24.3 Å². The molecule has 1 atom stereocenters. The number of carbonyl (C=O) groups is 2. The normalized spacial score (nSPS) is 18.7. The number of urea groups is 1. The maximum Gasteiger partial charge on any atom is 0.321 e. The van der Waals surface area contributed by atoms with Gasteiger partial charge in [-0.25, -0.2) is 9.18 Å². The van der Waals surface area contributed by atoms with Crippen molar-refractivity contribution in [1.29, 1.82) is 0 Å². The van der Waals surface area contributed by atoms with Gasteiger partial charge in [-0.2, -0.15) is 0 Å². The molecule has 27 heavy (non-hydrogen) atoms. The van der Waals surface area contributed by atoms with Gasteiger partial charge in [-0.05, 0) is 17.7 Å². The van der Waals surface area contributed by atoms with E-state index in [2.05, 4.69) is 15.6 Å². The van der Waals surface area contributed by atoms with E-state index in [0.717, 1.165) is 5.56 Å². The van der Waals surface area contributed by atoms with Crippen LogP contribution in [-0.4, -0.2) is 28.6 Å². The van der Waals surface area contributed by atoms with E-state index in [-0.39, 0.29) is 23.9 Å². The molecular weight excluding hydrogens is 351 g/mol. The van der Waals surface area contributed by atoms with E-state index >= 15 is 0 Å². The molecule has 1 aromatic heterocycles. The number of amides is 3. The number of hydrogen-bond donors (Lipinski definition) is 3. The highest BCUT2D eigenvalue weighted by molar-refractivity contribution is 5.97. The van der Waals surface area contributed by atoms with Gasteiger partial charge in [0.25, 0.3) is 0 Å². The summed E-state index contributed by atoms with van der Waals surface area (Å²) in [6.45, 7) is 1.02. The molecule has 138 valence electrons. The number of benzene rings is 1. The lowest BCUT2D eigenvalue weighted by molar-refractivity contribution is -0.121. The van der Waals surface area contributed by atoms with Gasteiger partial charge in [-0.3, -0.25) is 15.1 Å². The molecule has 1 unspecified atom stereocenters. The van der Waals surface area contributed by atoms with Crippen molar-refractivity contribution in [1.82, 2.24) is 15.6 Å². The first-order valence-electron chi connectivity index (χ1n) is 8.49. The number of nitrogens with zero attached hydrogens (tertiary/aromatic N) is 2. The number of hydrogen-bond acceptors (Lipinski definition) is 5. The summed E-state index contributed by atoms with van der Waals surface area (Å²) in [6.07, 6.45) is 5.14. The van der Waals surface area contributed by atoms with E-state index in [1.54, 1.807) is 12.1 Å². The lowest BCUT2D eigenvalue weighted by atomic mass is 9.97. The van der Waals surface area contributed by atoms with Crippen LogP contribution in [0, 0.1) is 5.82 Å². The zero-order chi connectivity index (χ0) is 19.0. The molecule has 2 aliphatic heterocycles. The van der Waals surface area contributed by atoms with Gasteiger partial charge in [0.2, 0.25) is 5.91 Å². The minimum atomic E-state index is -0.573. The number of nitrogens with one attached hydrogen (secondary N) is 2. The third-order valence-corrected chi connectivity index (χ3v) is 4.59. The molecule has 2 aliphatic rings. The van der Waals surface area contributed by atoms with E-state index < -0.39 is 12.1 Å². The summed E-state index contributed by atoms with van der Waals surface area (Å²) in [6, 6.07) is 5.03. The highest BCUT2D eigenvalue weighted by Gasteiger charge is 2.31. The molecule has 3 N–H and O–H groups in total. The molecule has 1 fully saturated rings. The Labute approximate surface area is 154 Å². The van der Waals surface area contributed by atoms with Crippen LogP contribution in [0.3, 0.4) is 0 Å². The van der Waals surface area contributed by atoms with Crippen LogP contribution in [-0.2, 0) is 11.3 Å². The molecule has 0 spiro atoms. The van der Waals surface area contributed by atoms with Crippen LogP contribution in [0.2, 0.25) is 0 Å². The Morgan fingerprint density at radius 2 is 2.04 bits per heavy atom. The van der Waals surface area contributed by atoms with Crippen molar-refractivity contribution in [2.75, 3.05) is 11.4 Å². The van der Waals surface area contributed by atoms with Gasteiger partial charge in [-0.15, -0.1) is 0 Å². The molecule has 0 bridgehead atoms. The molecule has 7 nitrogen and oxygen atoms in total. The van der Waals surface area contributed by atoms with Crippen molar-refractivity contribution in [3.63, 3.8) is 0 Å². The van der Waals surface area contributed by atoms with Crippen molar-refractivity contribution in [3.8, 4) is 5.75 Å². The summed E-state index contributed by atoms with van der Waals surface area (Å²) >= 11 is 0. The standard InChI is InChI=1S/C19H17FN4O3/c20-12-5-3-11(4-6-12)10-24-7-1-2-13-17(21-9-15(25)18(13)24)14-8-16(26)23-19(27)22-14/h1-6,9,14,25H,7-8,10H2,(H2,22,23,26,27). The summed E-state index contributed by atoms with van der Waals surface area (Å²) in [7, 11) is 0. The summed E-state index contributed by atoms with van der Waals surface area (Å²) in [5, 5.41) is 15.3. The first kappa shape index (κ1) is 17.0. The fourth-order valence-corrected chi connectivity index (χ4v) is 3.41. The second-order valence-corrected chi connectivity index (χ2v) is 6.48. The van der Waals surface area contributed by atoms with Crippen LogP contribution in [0.1, 0.15) is 29.3 Å². The Balaban J connectivity index is 1.70. The largest absolute Gasteiger partial charge is 0.504 e. The number of anilines is 1. The Morgan fingerprint density at radius 3 is 2.78 bits per heavy atom. The fourth-order valence-electron chi connectivity index (χ4n) is 3.41. The number of imide groups is 1. The third-order valence-electron chi connectivity index (χ3n) is 4.59. The minimum absolute atomic E-state index is 0.00630. The van der Waals surface area contributed by atoms with Crippen molar-refractivity contribution >= 4 is 23.7 Å². The SMILES string of the molecule is O=C1CC(c2ncc(O)c3c2C=CCN3Cc2ccc(F)cc2)NC(=O)N1.